The number of rotatable bonds is 3. The molecule has 2 bridgehead atoms. The number of halogens is 1. The second-order valence-electron chi connectivity index (χ2n) is 9.99. The van der Waals surface area contributed by atoms with Gasteiger partial charge in [0.2, 0.25) is 0 Å². The molecule has 6 nitrogen and oxygen atoms in total. The molecule has 0 amide bonds. The minimum atomic E-state index is -0.522. The predicted molar refractivity (Wildman–Crippen MR) is 137 cm³/mol. The summed E-state index contributed by atoms with van der Waals surface area (Å²) in [4.78, 5) is 12.5. The molecular formula is C27H29BrN6. The van der Waals surface area contributed by atoms with Crippen molar-refractivity contribution in [3.05, 3.63) is 44.8 Å². The predicted octanol–water partition coefficient (Wildman–Crippen LogP) is 6.14. The Hall–Kier alpha value is -2.90. The summed E-state index contributed by atoms with van der Waals surface area (Å²) in [6.45, 7) is 10.6. The zero-order valence-corrected chi connectivity index (χ0v) is 21.9. The summed E-state index contributed by atoms with van der Waals surface area (Å²) in [7, 11) is 0. The van der Waals surface area contributed by atoms with E-state index in [9.17, 15) is 10.5 Å². The molecule has 3 aromatic rings. The van der Waals surface area contributed by atoms with Gasteiger partial charge < -0.3 is 4.90 Å². The molecule has 2 fully saturated rings. The van der Waals surface area contributed by atoms with Crippen LogP contribution in [0.4, 0.5) is 5.82 Å². The van der Waals surface area contributed by atoms with Crippen LogP contribution in [0.5, 0.6) is 0 Å². The Kier molecular flexibility index (Phi) is 5.65. The van der Waals surface area contributed by atoms with Crippen molar-refractivity contribution in [2.75, 3.05) is 4.90 Å². The maximum atomic E-state index is 9.46. The number of aromatic nitrogens is 3. The molecule has 2 atom stereocenters. The third-order valence-corrected chi connectivity index (χ3v) is 8.35. The summed E-state index contributed by atoms with van der Waals surface area (Å²) in [5.41, 5.74) is 6.92. The maximum absolute atomic E-state index is 9.46. The minimum absolute atomic E-state index is 0.141. The molecule has 34 heavy (non-hydrogen) atoms. The fourth-order valence-corrected chi connectivity index (χ4v) is 7.03. The summed E-state index contributed by atoms with van der Waals surface area (Å²) in [5, 5.41) is 20.0. The molecule has 2 unspecified atom stereocenters. The molecule has 0 spiro atoms. The lowest BCUT2D eigenvalue weighted by Gasteiger charge is -2.40. The normalized spacial score (nSPS) is 21.8. The molecule has 2 aliphatic rings. The topological polar surface area (TPSA) is 81.5 Å². The molecular weight excluding hydrogens is 488 g/mol. The molecule has 5 rings (SSSR count). The van der Waals surface area contributed by atoms with Crippen LogP contribution in [-0.4, -0.2) is 26.6 Å². The molecule has 7 heteroatoms. The Labute approximate surface area is 209 Å². The average Bonchev–Trinajstić information content (AvgIpc) is 3.18. The largest absolute Gasteiger partial charge is 0.350 e. The summed E-state index contributed by atoms with van der Waals surface area (Å²) in [5.74, 6) is 1.40. The van der Waals surface area contributed by atoms with Gasteiger partial charge in [0.05, 0.1) is 23.2 Å². The minimum Gasteiger partial charge on any atom is -0.350 e. The van der Waals surface area contributed by atoms with E-state index in [4.69, 9.17) is 9.97 Å². The molecule has 0 saturated carbocycles. The number of anilines is 1. The maximum Gasteiger partial charge on any atom is 0.150 e. The molecule has 4 heterocycles. The van der Waals surface area contributed by atoms with Crippen molar-refractivity contribution in [1.29, 1.82) is 10.5 Å². The molecule has 0 radical (unpaired) electrons. The lowest BCUT2D eigenvalue weighted by Crippen LogP contribution is -2.45. The molecule has 0 aliphatic carbocycles. The van der Waals surface area contributed by atoms with Crippen LogP contribution in [-0.2, 0) is 0 Å². The molecule has 2 aromatic heterocycles. The van der Waals surface area contributed by atoms with Crippen molar-refractivity contribution in [2.24, 2.45) is 11.8 Å². The number of piperidine rings is 1. The van der Waals surface area contributed by atoms with E-state index in [0.717, 1.165) is 52.8 Å². The Morgan fingerprint density at radius 1 is 0.971 bits per heavy atom. The van der Waals surface area contributed by atoms with Crippen molar-refractivity contribution in [3.63, 3.8) is 0 Å². The molecule has 174 valence electrons. The van der Waals surface area contributed by atoms with Crippen molar-refractivity contribution in [1.82, 2.24) is 14.5 Å². The zero-order valence-electron chi connectivity index (χ0n) is 20.4. The van der Waals surface area contributed by atoms with Crippen molar-refractivity contribution in [2.45, 2.75) is 72.4 Å². The van der Waals surface area contributed by atoms with Gasteiger partial charge in [0.25, 0.3) is 0 Å². The van der Waals surface area contributed by atoms with Crippen LogP contribution in [0.25, 0.3) is 16.7 Å². The molecule has 0 N–H and O–H groups in total. The van der Waals surface area contributed by atoms with E-state index in [-0.39, 0.29) is 5.92 Å². The van der Waals surface area contributed by atoms with Gasteiger partial charge >= 0.3 is 0 Å². The Balaban J connectivity index is 1.68. The van der Waals surface area contributed by atoms with E-state index < -0.39 is 5.92 Å². The SMILES string of the molecule is Cc1nc(N2C3CCC2CC(C(C#N)C#N)C3)c2c(C)c(C)n(-c3c(C)cc(Br)cc3C)c2n1. The standard InChI is InChI=1S/C27H29BrN6/c1-14-8-21(28)9-15(2)25(14)33-17(4)16(3)24-26(33)31-18(5)32-27(24)34-22-6-7-23(34)11-19(10-22)20(12-29)13-30/h8-9,19-20,22-23H,6-7,10-11H2,1-5H3. The van der Waals surface area contributed by atoms with Crippen molar-refractivity contribution in [3.8, 4) is 17.8 Å². The average molecular weight is 517 g/mol. The van der Waals surface area contributed by atoms with Crippen molar-refractivity contribution >= 4 is 32.8 Å². The van der Waals surface area contributed by atoms with Gasteiger partial charge in [-0.05, 0) is 95.0 Å². The van der Waals surface area contributed by atoms with Gasteiger partial charge in [-0.25, -0.2) is 9.97 Å². The second kappa shape index (κ2) is 8.40. The number of aryl methyl sites for hydroxylation is 4. The third-order valence-electron chi connectivity index (χ3n) is 7.89. The first-order valence-corrected chi connectivity index (χ1v) is 12.7. The number of hydrogen-bond donors (Lipinski definition) is 0. The lowest BCUT2D eigenvalue weighted by molar-refractivity contribution is 0.309. The van der Waals surface area contributed by atoms with Crippen LogP contribution >= 0.6 is 15.9 Å². The summed E-state index contributed by atoms with van der Waals surface area (Å²) < 4.78 is 3.38. The number of nitrogens with zero attached hydrogens (tertiary/aromatic N) is 6. The van der Waals surface area contributed by atoms with Gasteiger partial charge in [-0.1, -0.05) is 15.9 Å². The van der Waals surface area contributed by atoms with Gasteiger partial charge in [-0.2, -0.15) is 10.5 Å². The van der Waals surface area contributed by atoms with E-state index in [1.54, 1.807) is 0 Å². The lowest BCUT2D eigenvalue weighted by atomic mass is 9.82. The third kappa shape index (κ3) is 3.41. The van der Waals surface area contributed by atoms with E-state index in [0.29, 0.717) is 12.1 Å². The number of benzene rings is 1. The highest BCUT2D eigenvalue weighted by Crippen LogP contribution is 2.46. The van der Waals surface area contributed by atoms with E-state index in [2.05, 4.69) is 77.4 Å². The first kappa shape index (κ1) is 22.9. The Morgan fingerprint density at radius 3 is 2.12 bits per heavy atom. The quantitative estimate of drug-likeness (QED) is 0.417. The first-order chi connectivity index (χ1) is 16.2. The number of hydrogen-bond acceptors (Lipinski definition) is 5. The van der Waals surface area contributed by atoms with Crippen LogP contribution < -0.4 is 4.90 Å². The molecule has 2 saturated heterocycles. The van der Waals surface area contributed by atoms with E-state index >= 15 is 0 Å². The summed E-state index contributed by atoms with van der Waals surface area (Å²) in [6, 6.07) is 9.38. The first-order valence-electron chi connectivity index (χ1n) is 12.0. The molecule has 1 aromatic carbocycles. The van der Waals surface area contributed by atoms with Crippen LogP contribution in [0.1, 0.15) is 53.9 Å². The van der Waals surface area contributed by atoms with Gasteiger partial charge in [-0.15, -0.1) is 0 Å². The molecule has 2 aliphatic heterocycles. The highest BCUT2D eigenvalue weighted by molar-refractivity contribution is 9.10. The number of nitriles is 2. The zero-order chi connectivity index (χ0) is 24.3. The smallest absolute Gasteiger partial charge is 0.150 e. The van der Waals surface area contributed by atoms with Crippen LogP contribution in [0, 0.1) is 69.1 Å². The fourth-order valence-electron chi connectivity index (χ4n) is 6.34. The van der Waals surface area contributed by atoms with Crippen LogP contribution in [0.3, 0.4) is 0 Å². The van der Waals surface area contributed by atoms with E-state index in [1.165, 1.54) is 28.1 Å². The van der Waals surface area contributed by atoms with Gasteiger partial charge in [-0.3, -0.25) is 4.57 Å². The highest BCUT2D eigenvalue weighted by Gasteiger charge is 2.44. The van der Waals surface area contributed by atoms with Crippen LogP contribution in [0.15, 0.2) is 16.6 Å². The fraction of sp³-hybridized carbons (Fsp3) is 0.481. The van der Waals surface area contributed by atoms with E-state index in [1.807, 2.05) is 6.92 Å². The van der Waals surface area contributed by atoms with Gasteiger partial charge in [0.15, 0.2) is 5.65 Å². The number of fused-ring (bicyclic) bond motifs is 3. The summed E-state index contributed by atoms with van der Waals surface area (Å²) in [6.07, 6.45) is 3.91. The highest BCUT2D eigenvalue weighted by atomic mass is 79.9. The van der Waals surface area contributed by atoms with Gasteiger partial charge in [0, 0.05) is 22.3 Å². The Bertz CT molecular complexity index is 1340. The second-order valence-corrected chi connectivity index (χ2v) is 10.9. The van der Waals surface area contributed by atoms with Crippen molar-refractivity contribution < 1.29 is 0 Å². The van der Waals surface area contributed by atoms with Gasteiger partial charge in [0.1, 0.15) is 17.6 Å². The van der Waals surface area contributed by atoms with Crippen LogP contribution in [0.2, 0.25) is 0 Å². The summed E-state index contributed by atoms with van der Waals surface area (Å²) >= 11 is 3.63. The Morgan fingerprint density at radius 2 is 1.56 bits per heavy atom. The monoisotopic (exact) mass is 516 g/mol.